The van der Waals surface area contributed by atoms with Crippen molar-refractivity contribution in [1.29, 1.82) is 0 Å². The van der Waals surface area contributed by atoms with Gasteiger partial charge in [0.05, 0.1) is 25.2 Å². The lowest BCUT2D eigenvalue weighted by Gasteiger charge is -2.38. The first kappa shape index (κ1) is 10.2. The third kappa shape index (κ3) is 1.44. The molecule has 2 aliphatic rings. The highest BCUT2D eigenvalue weighted by molar-refractivity contribution is 5.18. The van der Waals surface area contributed by atoms with Crippen LogP contribution >= 0.6 is 0 Å². The van der Waals surface area contributed by atoms with Crippen molar-refractivity contribution < 1.29 is 9.84 Å². The summed E-state index contributed by atoms with van der Waals surface area (Å²) in [5.41, 5.74) is 0.802. The molecular formula is C12H16N2O2. The molecule has 0 atom stereocenters. The van der Waals surface area contributed by atoms with E-state index in [4.69, 9.17) is 4.74 Å². The van der Waals surface area contributed by atoms with Crippen LogP contribution in [0, 0.1) is 0 Å². The van der Waals surface area contributed by atoms with Crippen molar-refractivity contribution in [3.05, 3.63) is 23.8 Å². The van der Waals surface area contributed by atoms with Crippen LogP contribution in [0.5, 0.6) is 0 Å². The van der Waals surface area contributed by atoms with Crippen molar-refractivity contribution in [1.82, 2.24) is 9.97 Å². The summed E-state index contributed by atoms with van der Waals surface area (Å²) in [6.45, 7) is 1.15. The lowest BCUT2D eigenvalue weighted by atomic mass is 9.82. The molecule has 2 heterocycles. The zero-order valence-electron chi connectivity index (χ0n) is 9.22. The number of aromatic nitrogens is 2. The smallest absolute Gasteiger partial charge is 0.141 e. The van der Waals surface area contributed by atoms with Crippen LogP contribution < -0.4 is 0 Å². The Hall–Kier alpha value is -1.00. The first-order valence-electron chi connectivity index (χ1n) is 5.86. The van der Waals surface area contributed by atoms with Crippen LogP contribution in [0.4, 0.5) is 0 Å². The monoisotopic (exact) mass is 220 g/mol. The van der Waals surface area contributed by atoms with Crippen molar-refractivity contribution in [3.63, 3.8) is 0 Å². The van der Waals surface area contributed by atoms with Crippen molar-refractivity contribution in [2.45, 2.75) is 30.6 Å². The lowest BCUT2D eigenvalue weighted by molar-refractivity contribution is -0.0885. The molecule has 1 aliphatic carbocycles. The summed E-state index contributed by atoms with van der Waals surface area (Å²) in [6, 6.07) is 2.00. The summed E-state index contributed by atoms with van der Waals surface area (Å²) in [6.07, 6.45) is 5.59. The normalized spacial score (nSPS) is 23.6. The molecule has 0 radical (unpaired) electrons. The Bertz CT molecular complexity index is 381. The largest absolute Gasteiger partial charge is 0.395 e. The number of aliphatic hydroxyl groups is 1. The van der Waals surface area contributed by atoms with Gasteiger partial charge >= 0.3 is 0 Å². The topological polar surface area (TPSA) is 55.2 Å². The first-order chi connectivity index (χ1) is 7.84. The second-order valence-corrected chi connectivity index (χ2v) is 4.86. The van der Waals surface area contributed by atoms with E-state index in [1.807, 2.05) is 12.3 Å². The van der Waals surface area contributed by atoms with Crippen LogP contribution in [-0.4, -0.2) is 34.9 Å². The minimum absolute atomic E-state index is 0.0706. The summed E-state index contributed by atoms with van der Waals surface area (Å²) < 4.78 is 5.18. The molecule has 1 aromatic rings. The molecule has 4 heteroatoms. The highest BCUT2D eigenvalue weighted by Crippen LogP contribution is 2.36. The fourth-order valence-electron chi connectivity index (χ4n) is 2.20. The van der Waals surface area contributed by atoms with Gasteiger partial charge in [0.15, 0.2) is 0 Å². The molecule has 2 fully saturated rings. The van der Waals surface area contributed by atoms with Gasteiger partial charge in [-0.1, -0.05) is 6.42 Å². The Morgan fingerprint density at radius 1 is 1.44 bits per heavy atom. The lowest BCUT2D eigenvalue weighted by Crippen LogP contribution is -2.51. The van der Waals surface area contributed by atoms with E-state index in [0.29, 0.717) is 19.1 Å². The van der Waals surface area contributed by atoms with Crippen LogP contribution in [0.1, 0.15) is 36.7 Å². The van der Waals surface area contributed by atoms with Crippen molar-refractivity contribution in [2.75, 3.05) is 19.8 Å². The maximum Gasteiger partial charge on any atom is 0.141 e. The maximum absolute atomic E-state index is 9.43. The number of ether oxygens (including phenoxy) is 1. The highest BCUT2D eigenvalue weighted by atomic mass is 16.5. The molecule has 16 heavy (non-hydrogen) atoms. The molecule has 0 aromatic carbocycles. The van der Waals surface area contributed by atoms with Crippen LogP contribution in [0.15, 0.2) is 12.3 Å². The molecule has 1 aromatic heterocycles. The molecule has 0 bridgehead atoms. The Labute approximate surface area is 94.7 Å². The number of rotatable bonds is 3. The van der Waals surface area contributed by atoms with Crippen LogP contribution in [-0.2, 0) is 10.2 Å². The van der Waals surface area contributed by atoms with Gasteiger partial charge in [0.25, 0.3) is 0 Å². The molecule has 0 unspecified atom stereocenters. The predicted molar refractivity (Wildman–Crippen MR) is 58.2 cm³/mol. The minimum atomic E-state index is -0.334. The molecule has 1 aliphatic heterocycles. The number of aliphatic hydroxyl groups excluding tert-OH is 1. The Morgan fingerprint density at radius 3 is 2.75 bits per heavy atom. The van der Waals surface area contributed by atoms with Gasteiger partial charge in [0.1, 0.15) is 5.82 Å². The van der Waals surface area contributed by atoms with Gasteiger partial charge in [-0.05, 0) is 18.9 Å². The summed E-state index contributed by atoms with van der Waals surface area (Å²) >= 11 is 0. The van der Waals surface area contributed by atoms with Crippen LogP contribution in [0.2, 0.25) is 0 Å². The molecule has 1 N–H and O–H groups in total. The van der Waals surface area contributed by atoms with E-state index in [2.05, 4.69) is 9.97 Å². The first-order valence-corrected chi connectivity index (χ1v) is 5.86. The van der Waals surface area contributed by atoms with E-state index < -0.39 is 0 Å². The van der Waals surface area contributed by atoms with E-state index in [1.165, 1.54) is 19.3 Å². The molecule has 0 amide bonds. The van der Waals surface area contributed by atoms with Gasteiger partial charge in [0.2, 0.25) is 0 Å². The van der Waals surface area contributed by atoms with Gasteiger partial charge in [-0.2, -0.15) is 0 Å². The maximum atomic E-state index is 9.43. The summed E-state index contributed by atoms with van der Waals surface area (Å²) in [5.74, 6) is 1.36. The third-order valence-corrected chi connectivity index (χ3v) is 3.73. The molecular weight excluding hydrogens is 204 g/mol. The average molecular weight is 220 g/mol. The second-order valence-electron chi connectivity index (χ2n) is 4.86. The second kappa shape index (κ2) is 3.79. The Morgan fingerprint density at radius 2 is 2.25 bits per heavy atom. The van der Waals surface area contributed by atoms with Crippen molar-refractivity contribution >= 4 is 0 Å². The molecule has 0 spiro atoms. The average Bonchev–Trinajstić information content (AvgIpc) is 2.15. The number of nitrogens with zero attached hydrogens (tertiary/aromatic N) is 2. The summed E-state index contributed by atoms with van der Waals surface area (Å²) in [5, 5.41) is 9.43. The van der Waals surface area contributed by atoms with Gasteiger partial charge in [-0.15, -0.1) is 0 Å². The fraction of sp³-hybridized carbons (Fsp3) is 0.667. The van der Waals surface area contributed by atoms with E-state index in [1.54, 1.807) is 0 Å². The fourth-order valence-corrected chi connectivity index (χ4v) is 2.20. The molecule has 3 rings (SSSR count). The van der Waals surface area contributed by atoms with Crippen LogP contribution in [0.25, 0.3) is 0 Å². The van der Waals surface area contributed by atoms with Crippen LogP contribution in [0.3, 0.4) is 0 Å². The zero-order chi connectivity index (χ0) is 11.0. The van der Waals surface area contributed by atoms with Gasteiger partial charge < -0.3 is 9.84 Å². The molecule has 1 saturated carbocycles. The summed E-state index contributed by atoms with van der Waals surface area (Å²) in [7, 11) is 0. The molecule has 1 saturated heterocycles. The SMILES string of the molecule is OCC1(c2nccc(C3CCC3)n2)COC1. The van der Waals surface area contributed by atoms with E-state index >= 15 is 0 Å². The van der Waals surface area contributed by atoms with Gasteiger partial charge in [-0.25, -0.2) is 9.97 Å². The Balaban J connectivity index is 1.89. The van der Waals surface area contributed by atoms with E-state index in [0.717, 1.165) is 11.5 Å². The Kier molecular flexibility index (Phi) is 2.41. The molecule has 86 valence electrons. The summed E-state index contributed by atoms with van der Waals surface area (Å²) in [4.78, 5) is 8.90. The number of hydrogen-bond donors (Lipinski definition) is 1. The van der Waals surface area contributed by atoms with Crippen molar-refractivity contribution in [2.24, 2.45) is 0 Å². The van der Waals surface area contributed by atoms with E-state index in [9.17, 15) is 5.11 Å². The van der Waals surface area contributed by atoms with Gasteiger partial charge in [-0.3, -0.25) is 0 Å². The zero-order valence-corrected chi connectivity index (χ0v) is 9.22. The van der Waals surface area contributed by atoms with Gasteiger partial charge in [0, 0.05) is 17.8 Å². The molecule has 4 nitrogen and oxygen atoms in total. The standard InChI is InChI=1S/C12H16N2O2/c15-6-12(7-16-8-12)11-13-5-4-10(14-11)9-2-1-3-9/h4-5,9,15H,1-3,6-8H2. The predicted octanol–water partition coefficient (Wildman–Crippen LogP) is 1.00. The third-order valence-electron chi connectivity index (χ3n) is 3.73. The number of hydrogen-bond acceptors (Lipinski definition) is 4. The quantitative estimate of drug-likeness (QED) is 0.825. The minimum Gasteiger partial charge on any atom is -0.395 e. The van der Waals surface area contributed by atoms with E-state index in [-0.39, 0.29) is 12.0 Å². The van der Waals surface area contributed by atoms with Crippen molar-refractivity contribution in [3.8, 4) is 0 Å². The highest BCUT2D eigenvalue weighted by Gasteiger charge is 2.43.